The fourth-order valence-electron chi connectivity index (χ4n) is 2.71. The summed E-state index contributed by atoms with van der Waals surface area (Å²) in [6.07, 6.45) is 4.09. The fraction of sp³-hybridized carbons (Fsp3) is 0.278. The molecule has 0 aliphatic carbocycles. The van der Waals surface area contributed by atoms with Crippen molar-refractivity contribution in [3.8, 4) is 5.69 Å². The number of aryl methyl sites for hydroxylation is 2. The monoisotopic (exact) mass is 364 g/mol. The average molecular weight is 364 g/mol. The number of amidine groups is 1. The quantitative estimate of drug-likeness (QED) is 0.706. The molecule has 9 nitrogen and oxygen atoms in total. The summed E-state index contributed by atoms with van der Waals surface area (Å²) in [5.41, 5.74) is 4.11. The molecule has 0 amide bonds. The number of tetrazole rings is 1. The first-order valence-corrected chi connectivity index (χ1v) is 8.69. The van der Waals surface area contributed by atoms with Gasteiger partial charge in [-0.25, -0.2) is 0 Å². The molecular formula is C18H20N8O. The number of benzene rings is 1. The van der Waals surface area contributed by atoms with Crippen LogP contribution in [-0.4, -0.2) is 49.5 Å². The van der Waals surface area contributed by atoms with Gasteiger partial charge in [0.15, 0.2) is 11.7 Å². The number of rotatable bonds is 6. The van der Waals surface area contributed by atoms with E-state index in [1.807, 2.05) is 44.2 Å². The zero-order valence-corrected chi connectivity index (χ0v) is 15.2. The maximum absolute atomic E-state index is 5.68. The van der Waals surface area contributed by atoms with Gasteiger partial charge in [0.1, 0.15) is 6.67 Å². The first kappa shape index (κ1) is 17.1. The molecule has 9 heteroatoms. The minimum atomic E-state index is 0.407. The molecule has 2 aromatic heterocycles. The van der Waals surface area contributed by atoms with Gasteiger partial charge in [-0.15, -0.1) is 20.1 Å². The van der Waals surface area contributed by atoms with Gasteiger partial charge >= 0.3 is 0 Å². The molecule has 0 saturated heterocycles. The first-order valence-electron chi connectivity index (χ1n) is 8.69. The van der Waals surface area contributed by atoms with Gasteiger partial charge in [-0.2, -0.15) is 5.17 Å². The van der Waals surface area contributed by atoms with Crippen LogP contribution < -0.4 is 5.32 Å². The second-order valence-corrected chi connectivity index (χ2v) is 6.24. The minimum Gasteiger partial charge on any atom is -0.347 e. The Kier molecular flexibility index (Phi) is 4.75. The van der Waals surface area contributed by atoms with Gasteiger partial charge < -0.3 is 5.32 Å². The predicted molar refractivity (Wildman–Crippen MR) is 98.9 cm³/mol. The summed E-state index contributed by atoms with van der Waals surface area (Å²) in [4.78, 5) is 11.4. The standard InChI is InChI=1S/C18H20N8O/c1-13-4-3-5-15(10-13)26-22-17(21-24-26)7-9-27-25-12-20-18(23-25)16-11-19-8-6-14(16)2/h3-6,8,10-11H,7,9,12H2,1-2H3,(H,20,23). The van der Waals surface area contributed by atoms with Gasteiger partial charge in [0.2, 0.25) is 0 Å². The molecule has 3 heterocycles. The third-order valence-corrected chi connectivity index (χ3v) is 4.14. The Morgan fingerprint density at radius 2 is 2.15 bits per heavy atom. The van der Waals surface area contributed by atoms with Crippen molar-refractivity contribution in [1.29, 1.82) is 0 Å². The molecule has 0 bridgehead atoms. The molecule has 1 aliphatic rings. The van der Waals surface area contributed by atoms with E-state index in [1.54, 1.807) is 12.4 Å². The molecule has 4 rings (SSSR count). The van der Waals surface area contributed by atoms with Crippen LogP contribution in [-0.2, 0) is 11.3 Å². The number of aromatic nitrogens is 5. The summed E-state index contributed by atoms with van der Waals surface area (Å²) >= 11 is 0. The lowest BCUT2D eigenvalue weighted by molar-refractivity contribution is -0.153. The summed E-state index contributed by atoms with van der Waals surface area (Å²) in [5, 5.41) is 21.7. The molecular weight excluding hydrogens is 344 g/mol. The van der Waals surface area contributed by atoms with Crippen LogP contribution >= 0.6 is 0 Å². The second kappa shape index (κ2) is 7.50. The van der Waals surface area contributed by atoms with E-state index in [-0.39, 0.29) is 0 Å². The molecule has 1 aliphatic heterocycles. The van der Waals surface area contributed by atoms with Crippen molar-refractivity contribution in [3.63, 3.8) is 0 Å². The minimum absolute atomic E-state index is 0.407. The first-order chi connectivity index (χ1) is 13.2. The SMILES string of the molecule is Cc1cccc(-n2nnc(CCON3CNC(c4cnccc4C)=N3)n2)c1. The van der Waals surface area contributed by atoms with Gasteiger partial charge in [-0.1, -0.05) is 12.1 Å². The van der Waals surface area contributed by atoms with Crippen molar-refractivity contribution < 1.29 is 4.84 Å². The van der Waals surface area contributed by atoms with Crippen LogP contribution in [0.2, 0.25) is 0 Å². The van der Waals surface area contributed by atoms with E-state index < -0.39 is 0 Å². The van der Waals surface area contributed by atoms with Crippen LogP contribution in [0.5, 0.6) is 0 Å². The highest BCUT2D eigenvalue weighted by molar-refractivity contribution is 6.00. The molecule has 138 valence electrons. The average Bonchev–Trinajstić information content (AvgIpc) is 3.32. The number of hydroxylamine groups is 1. The zero-order valence-electron chi connectivity index (χ0n) is 15.2. The summed E-state index contributed by atoms with van der Waals surface area (Å²) in [6.45, 7) is 4.94. The van der Waals surface area contributed by atoms with Gasteiger partial charge in [0, 0.05) is 24.4 Å². The van der Waals surface area contributed by atoms with E-state index in [4.69, 9.17) is 4.84 Å². The fourth-order valence-corrected chi connectivity index (χ4v) is 2.71. The number of nitrogens with one attached hydrogen (secondary N) is 1. The van der Waals surface area contributed by atoms with Crippen molar-refractivity contribution in [2.75, 3.05) is 13.3 Å². The van der Waals surface area contributed by atoms with E-state index in [0.717, 1.165) is 28.2 Å². The van der Waals surface area contributed by atoms with E-state index in [9.17, 15) is 0 Å². The Balaban J connectivity index is 1.33. The lowest BCUT2D eigenvalue weighted by atomic mass is 10.1. The normalized spacial score (nSPS) is 13.6. The van der Waals surface area contributed by atoms with Crippen LogP contribution in [0.25, 0.3) is 5.69 Å². The van der Waals surface area contributed by atoms with Crippen LogP contribution in [0.4, 0.5) is 0 Å². The number of nitrogens with zero attached hydrogens (tertiary/aromatic N) is 7. The Hall–Kier alpha value is -3.33. The van der Waals surface area contributed by atoms with E-state index in [1.165, 1.54) is 9.97 Å². The van der Waals surface area contributed by atoms with Crippen molar-refractivity contribution in [2.45, 2.75) is 20.3 Å². The lowest BCUT2D eigenvalue weighted by Gasteiger charge is -2.10. The molecule has 0 spiro atoms. The largest absolute Gasteiger partial charge is 0.347 e. The Morgan fingerprint density at radius 1 is 1.22 bits per heavy atom. The van der Waals surface area contributed by atoms with Crippen LogP contribution in [0.15, 0.2) is 47.8 Å². The number of pyridine rings is 1. The van der Waals surface area contributed by atoms with Crippen molar-refractivity contribution >= 4 is 5.84 Å². The summed E-state index contributed by atoms with van der Waals surface area (Å²) < 4.78 is 0. The van der Waals surface area contributed by atoms with Crippen molar-refractivity contribution in [1.82, 2.24) is 35.7 Å². The molecule has 27 heavy (non-hydrogen) atoms. The molecule has 1 aromatic carbocycles. The number of hydrogen-bond acceptors (Lipinski definition) is 8. The van der Waals surface area contributed by atoms with Gasteiger partial charge in [0.25, 0.3) is 0 Å². The molecule has 1 N–H and O–H groups in total. The highest BCUT2D eigenvalue weighted by Gasteiger charge is 2.17. The van der Waals surface area contributed by atoms with E-state index >= 15 is 0 Å². The Morgan fingerprint density at radius 3 is 3.00 bits per heavy atom. The summed E-state index contributed by atoms with van der Waals surface area (Å²) in [7, 11) is 0. The summed E-state index contributed by atoms with van der Waals surface area (Å²) in [6, 6.07) is 9.90. The molecule has 0 atom stereocenters. The Bertz CT molecular complexity index is 967. The smallest absolute Gasteiger partial charge is 0.177 e. The summed E-state index contributed by atoms with van der Waals surface area (Å²) in [5.74, 6) is 1.38. The van der Waals surface area contributed by atoms with Crippen molar-refractivity contribution in [2.24, 2.45) is 5.10 Å². The Labute approximate surface area is 156 Å². The number of hydrazone groups is 1. The third kappa shape index (κ3) is 3.93. The van der Waals surface area contributed by atoms with Gasteiger partial charge in [-0.3, -0.25) is 9.82 Å². The van der Waals surface area contributed by atoms with Crippen molar-refractivity contribution in [3.05, 3.63) is 65.2 Å². The maximum Gasteiger partial charge on any atom is 0.177 e. The zero-order chi connectivity index (χ0) is 18.6. The topological polar surface area (TPSA) is 93.3 Å². The van der Waals surface area contributed by atoms with Gasteiger partial charge in [0.05, 0.1) is 12.3 Å². The maximum atomic E-state index is 5.68. The molecule has 0 radical (unpaired) electrons. The van der Waals surface area contributed by atoms with Crippen LogP contribution in [0.3, 0.4) is 0 Å². The lowest BCUT2D eigenvalue weighted by Crippen LogP contribution is -2.25. The third-order valence-electron chi connectivity index (χ3n) is 4.14. The van der Waals surface area contributed by atoms with Crippen LogP contribution in [0.1, 0.15) is 22.5 Å². The number of hydrogen-bond donors (Lipinski definition) is 1. The van der Waals surface area contributed by atoms with E-state index in [0.29, 0.717) is 25.5 Å². The van der Waals surface area contributed by atoms with Crippen LogP contribution in [0, 0.1) is 13.8 Å². The molecule has 3 aromatic rings. The second-order valence-electron chi connectivity index (χ2n) is 6.24. The molecule has 0 unspecified atom stereocenters. The van der Waals surface area contributed by atoms with Gasteiger partial charge in [-0.05, 0) is 48.4 Å². The highest BCUT2D eigenvalue weighted by atomic mass is 16.7. The molecule has 0 fully saturated rings. The molecule has 0 saturated carbocycles. The van der Waals surface area contributed by atoms with E-state index in [2.05, 4.69) is 30.8 Å². The predicted octanol–water partition coefficient (Wildman–Crippen LogP) is 1.37. The highest BCUT2D eigenvalue weighted by Crippen LogP contribution is 2.11.